The van der Waals surface area contributed by atoms with Gasteiger partial charge >= 0.3 is 0 Å². The molecule has 1 aliphatic heterocycles. The summed E-state index contributed by atoms with van der Waals surface area (Å²) in [6.07, 6.45) is 4.75. The number of benzene rings is 2. The summed E-state index contributed by atoms with van der Waals surface area (Å²) in [6.45, 7) is 2.59. The molecule has 9 heteroatoms. The molecular formula is C28H29N2O6S-. The lowest BCUT2D eigenvalue weighted by Gasteiger charge is -2.21. The molecule has 1 aliphatic carbocycles. The summed E-state index contributed by atoms with van der Waals surface area (Å²) in [5.41, 5.74) is 3.25. The zero-order valence-electron chi connectivity index (χ0n) is 20.4. The Morgan fingerprint density at radius 3 is 2.51 bits per heavy atom. The fourth-order valence-electron chi connectivity index (χ4n) is 4.16. The highest BCUT2D eigenvalue weighted by Crippen LogP contribution is 2.38. The first-order valence-electron chi connectivity index (χ1n) is 12.4. The molecule has 1 amide bonds. The molecule has 8 nitrogen and oxygen atoms in total. The fraction of sp³-hybridized carbons (Fsp3) is 0.357. The highest BCUT2D eigenvalue weighted by atomic mass is 32.2. The minimum absolute atomic E-state index is 0.330. The van der Waals surface area contributed by atoms with Gasteiger partial charge in [-0.05, 0) is 84.1 Å². The Morgan fingerprint density at radius 2 is 1.84 bits per heavy atom. The number of amides is 1. The first kappa shape index (κ1) is 25.4. The second kappa shape index (κ2) is 11.4. The number of nitrogens with one attached hydrogen (secondary N) is 1. The lowest BCUT2D eigenvalue weighted by molar-refractivity contribution is 0.0490. The summed E-state index contributed by atoms with van der Waals surface area (Å²) in [7, 11) is 0. The van der Waals surface area contributed by atoms with E-state index in [1.54, 1.807) is 30.5 Å². The van der Waals surface area contributed by atoms with Crippen LogP contribution < -0.4 is 14.8 Å². The van der Waals surface area contributed by atoms with E-state index in [9.17, 15) is 13.6 Å². The van der Waals surface area contributed by atoms with Gasteiger partial charge in [0.15, 0.2) is 0 Å². The van der Waals surface area contributed by atoms with Crippen molar-refractivity contribution >= 4 is 17.0 Å². The van der Waals surface area contributed by atoms with Crippen molar-refractivity contribution in [2.75, 3.05) is 19.8 Å². The summed E-state index contributed by atoms with van der Waals surface area (Å²) in [4.78, 5) is 15.7. The van der Waals surface area contributed by atoms with Gasteiger partial charge in [0.2, 0.25) is 5.88 Å². The van der Waals surface area contributed by atoms with E-state index in [-0.39, 0.29) is 0 Å². The Hall–Kier alpha value is -3.27. The predicted octanol–water partition coefficient (Wildman–Crippen LogP) is 4.23. The summed E-state index contributed by atoms with van der Waals surface area (Å²) < 4.78 is 39.8. The summed E-state index contributed by atoms with van der Waals surface area (Å²) in [6, 6.07) is 18.6. The minimum atomic E-state index is -2.32. The van der Waals surface area contributed by atoms with Gasteiger partial charge in [0.1, 0.15) is 17.2 Å². The van der Waals surface area contributed by atoms with Crippen LogP contribution in [0, 0.1) is 5.92 Å². The van der Waals surface area contributed by atoms with Gasteiger partial charge in [0.25, 0.3) is 5.91 Å². The van der Waals surface area contributed by atoms with Crippen LogP contribution in [0.4, 0.5) is 0 Å². The fourth-order valence-corrected chi connectivity index (χ4v) is 4.77. The topological polar surface area (TPSA) is 110 Å². The van der Waals surface area contributed by atoms with Gasteiger partial charge in [-0.1, -0.05) is 24.3 Å². The molecule has 2 aromatic carbocycles. The third-order valence-corrected chi connectivity index (χ3v) is 7.85. The molecule has 0 spiro atoms. The van der Waals surface area contributed by atoms with Gasteiger partial charge in [-0.15, -0.1) is 0 Å². The zero-order chi connectivity index (χ0) is 25.7. The van der Waals surface area contributed by atoms with Gasteiger partial charge < -0.3 is 24.1 Å². The summed E-state index contributed by atoms with van der Waals surface area (Å²) in [5, 5.41) is 2.61. The van der Waals surface area contributed by atoms with Crippen LogP contribution in [0.15, 0.2) is 66.9 Å². The molecule has 0 bridgehead atoms. The number of carbonyl (C=O) groups excluding carboxylic acids is 1. The van der Waals surface area contributed by atoms with Gasteiger partial charge in [-0.2, -0.15) is 0 Å². The quantitative estimate of drug-likeness (QED) is 0.398. The van der Waals surface area contributed by atoms with Gasteiger partial charge in [-0.25, -0.2) is 4.98 Å². The van der Waals surface area contributed by atoms with Crippen LogP contribution in [0.5, 0.6) is 11.6 Å². The van der Waals surface area contributed by atoms with E-state index in [0.717, 1.165) is 42.7 Å². The second-order valence-corrected chi connectivity index (χ2v) is 10.7. The molecule has 3 aromatic rings. The zero-order valence-corrected chi connectivity index (χ0v) is 21.2. The number of carbonyl (C=O) groups is 1. The van der Waals surface area contributed by atoms with E-state index < -0.39 is 21.9 Å². The maximum atomic E-state index is 12.4. The minimum Gasteiger partial charge on any atom is -0.771 e. The molecule has 1 saturated carbocycles. The first-order valence-corrected chi connectivity index (χ1v) is 13.5. The van der Waals surface area contributed by atoms with E-state index in [1.165, 1.54) is 0 Å². The third kappa shape index (κ3) is 6.54. The average molecular weight is 522 g/mol. The second-order valence-electron chi connectivity index (χ2n) is 9.45. The number of rotatable bonds is 10. The van der Waals surface area contributed by atoms with E-state index in [1.807, 2.05) is 36.4 Å². The maximum absolute atomic E-state index is 12.4. The molecule has 0 radical (unpaired) electrons. The standard InChI is InChI=1S/C28H30N2O6S/c31-27(30-28(12-13-28)37(32)33)22-6-4-20(5-7-22)18-35-25-3-1-2-23(16-25)24-8-9-26(29-17-24)36-19-21-10-14-34-15-11-21/h1-9,16-17,21H,10-15,18-19H2,(H,30,31)(H,32,33)/p-1. The van der Waals surface area contributed by atoms with E-state index in [2.05, 4.69) is 10.3 Å². The molecule has 1 unspecified atom stereocenters. The van der Waals surface area contributed by atoms with Crippen molar-refractivity contribution in [2.24, 2.45) is 5.92 Å². The van der Waals surface area contributed by atoms with E-state index in [4.69, 9.17) is 14.2 Å². The molecule has 2 aliphatic rings. The van der Waals surface area contributed by atoms with Crippen molar-refractivity contribution in [1.29, 1.82) is 0 Å². The SMILES string of the molecule is O=C(NC1(S(=O)[O-])CC1)c1ccc(COc2cccc(-c3ccc(OCC4CCOCC4)nc3)c2)cc1. The van der Waals surface area contributed by atoms with E-state index in [0.29, 0.717) is 49.2 Å². The van der Waals surface area contributed by atoms with Crippen LogP contribution in [0.1, 0.15) is 41.6 Å². The number of pyridine rings is 1. The largest absolute Gasteiger partial charge is 0.771 e. The Kier molecular flexibility index (Phi) is 7.83. The molecule has 2 fully saturated rings. The summed E-state index contributed by atoms with van der Waals surface area (Å²) >= 11 is -2.32. The first-order chi connectivity index (χ1) is 18.0. The lowest BCUT2D eigenvalue weighted by Crippen LogP contribution is -2.40. The Balaban J connectivity index is 1.14. The molecule has 1 saturated heterocycles. The highest BCUT2D eigenvalue weighted by molar-refractivity contribution is 7.81. The van der Waals surface area contributed by atoms with Crippen molar-refractivity contribution in [3.05, 3.63) is 78.0 Å². The number of ether oxygens (including phenoxy) is 3. The van der Waals surface area contributed by atoms with Crippen LogP contribution in [-0.4, -0.2) is 44.3 Å². The molecule has 5 rings (SSSR count). The van der Waals surface area contributed by atoms with Crippen LogP contribution in [-0.2, 0) is 22.4 Å². The average Bonchev–Trinajstić information content (AvgIpc) is 3.73. The van der Waals surface area contributed by atoms with E-state index >= 15 is 0 Å². The van der Waals surface area contributed by atoms with Crippen LogP contribution in [0.2, 0.25) is 0 Å². The Morgan fingerprint density at radius 1 is 1.05 bits per heavy atom. The summed E-state index contributed by atoms with van der Waals surface area (Å²) in [5.74, 6) is 1.46. The highest BCUT2D eigenvalue weighted by Gasteiger charge is 2.45. The number of hydrogen-bond donors (Lipinski definition) is 1. The molecule has 2 heterocycles. The molecule has 1 atom stereocenters. The molecule has 37 heavy (non-hydrogen) atoms. The molecule has 194 valence electrons. The number of nitrogens with zero attached hydrogens (tertiary/aromatic N) is 1. The monoisotopic (exact) mass is 521 g/mol. The van der Waals surface area contributed by atoms with Crippen LogP contribution >= 0.6 is 0 Å². The Bertz CT molecular complexity index is 1240. The van der Waals surface area contributed by atoms with Crippen LogP contribution in [0.3, 0.4) is 0 Å². The molecule has 1 N–H and O–H groups in total. The van der Waals surface area contributed by atoms with Gasteiger partial charge in [-0.3, -0.25) is 9.00 Å². The predicted molar refractivity (Wildman–Crippen MR) is 138 cm³/mol. The lowest BCUT2D eigenvalue weighted by atomic mass is 10.0. The Labute approximate surface area is 218 Å². The van der Waals surface area contributed by atoms with Crippen LogP contribution in [0.25, 0.3) is 11.1 Å². The van der Waals surface area contributed by atoms with Crippen molar-refractivity contribution in [3.63, 3.8) is 0 Å². The van der Waals surface area contributed by atoms with Crippen molar-refractivity contribution < 1.29 is 27.8 Å². The van der Waals surface area contributed by atoms with Gasteiger partial charge in [0.05, 0.1) is 6.61 Å². The number of hydrogen-bond acceptors (Lipinski definition) is 7. The third-order valence-electron chi connectivity index (χ3n) is 6.70. The van der Waals surface area contributed by atoms with Crippen molar-refractivity contribution in [1.82, 2.24) is 10.3 Å². The van der Waals surface area contributed by atoms with Crippen molar-refractivity contribution in [2.45, 2.75) is 37.2 Å². The maximum Gasteiger partial charge on any atom is 0.252 e. The molecule has 1 aromatic heterocycles. The van der Waals surface area contributed by atoms with Gasteiger partial charge in [0, 0.05) is 36.6 Å². The smallest absolute Gasteiger partial charge is 0.252 e. The normalized spacial score (nSPS) is 17.5. The molecular weight excluding hydrogens is 492 g/mol. The van der Waals surface area contributed by atoms with Crippen molar-refractivity contribution in [3.8, 4) is 22.8 Å². The number of aromatic nitrogens is 1.